The summed E-state index contributed by atoms with van der Waals surface area (Å²) in [7, 11) is -3.65. The minimum atomic E-state index is -3.65. The highest BCUT2D eigenvalue weighted by atomic mass is 32.2. The van der Waals surface area contributed by atoms with E-state index < -0.39 is 15.8 Å². The third-order valence-electron chi connectivity index (χ3n) is 6.15. The van der Waals surface area contributed by atoms with Crippen molar-refractivity contribution < 1.29 is 22.3 Å². The van der Waals surface area contributed by atoms with Gasteiger partial charge in [0.05, 0.1) is 25.2 Å². The number of hydrogen-bond donors (Lipinski definition) is 2. The van der Waals surface area contributed by atoms with Crippen molar-refractivity contribution in [3.05, 3.63) is 71.2 Å². The minimum absolute atomic E-state index is 0.0372. The number of morpholine rings is 1. The van der Waals surface area contributed by atoms with Crippen LogP contribution in [0.15, 0.2) is 54.3 Å². The number of halogens is 1. The van der Waals surface area contributed by atoms with Crippen LogP contribution in [0.1, 0.15) is 38.3 Å². The SMILES string of the molecule is C=Cc1cc(CNC(=O)C=CC2CC=C(C(C)(C)C)C=C2N2CCOCC2)cc(F)c1NS(C)(=O)=O. The van der Waals surface area contributed by atoms with Crippen molar-refractivity contribution in [2.75, 3.05) is 37.3 Å². The topological polar surface area (TPSA) is 87.7 Å². The lowest BCUT2D eigenvalue weighted by molar-refractivity contribution is -0.116. The van der Waals surface area contributed by atoms with Crippen LogP contribution < -0.4 is 10.0 Å². The summed E-state index contributed by atoms with van der Waals surface area (Å²) in [4.78, 5) is 14.9. The zero-order valence-electron chi connectivity index (χ0n) is 21.4. The smallest absolute Gasteiger partial charge is 0.243 e. The summed E-state index contributed by atoms with van der Waals surface area (Å²) in [6.07, 6.45) is 11.0. The number of carbonyl (C=O) groups is 1. The van der Waals surface area contributed by atoms with E-state index in [0.29, 0.717) is 24.3 Å². The lowest BCUT2D eigenvalue weighted by Crippen LogP contribution is -2.38. The van der Waals surface area contributed by atoms with Crippen molar-refractivity contribution >= 4 is 27.7 Å². The minimum Gasteiger partial charge on any atom is -0.378 e. The second-order valence-corrected chi connectivity index (χ2v) is 11.9. The first-order valence-electron chi connectivity index (χ1n) is 12.0. The van der Waals surface area contributed by atoms with E-state index in [1.165, 1.54) is 29.5 Å². The van der Waals surface area contributed by atoms with Crippen LogP contribution in [0.4, 0.5) is 10.1 Å². The van der Waals surface area contributed by atoms with E-state index in [4.69, 9.17) is 4.74 Å². The summed E-state index contributed by atoms with van der Waals surface area (Å²) in [5.74, 6) is -0.950. The maximum absolute atomic E-state index is 14.6. The monoisotopic (exact) mass is 517 g/mol. The number of hydrogen-bond acceptors (Lipinski definition) is 5. The summed E-state index contributed by atoms with van der Waals surface area (Å²) in [6.45, 7) is 13.3. The lowest BCUT2D eigenvalue weighted by Gasteiger charge is -2.37. The van der Waals surface area contributed by atoms with E-state index in [0.717, 1.165) is 25.8 Å². The molecule has 196 valence electrons. The molecule has 1 heterocycles. The van der Waals surface area contributed by atoms with Crippen LogP contribution in [-0.2, 0) is 26.1 Å². The van der Waals surface area contributed by atoms with Crippen LogP contribution in [0.3, 0.4) is 0 Å². The average molecular weight is 518 g/mol. The van der Waals surface area contributed by atoms with Crippen molar-refractivity contribution in [1.82, 2.24) is 10.2 Å². The molecule has 1 saturated heterocycles. The Kier molecular flexibility index (Phi) is 8.79. The van der Waals surface area contributed by atoms with Gasteiger partial charge in [-0.2, -0.15) is 0 Å². The molecule has 1 aromatic carbocycles. The van der Waals surface area contributed by atoms with Gasteiger partial charge in [-0.15, -0.1) is 0 Å². The Balaban J connectivity index is 1.69. The van der Waals surface area contributed by atoms with Gasteiger partial charge < -0.3 is 15.0 Å². The molecule has 1 aliphatic carbocycles. The molecule has 9 heteroatoms. The number of anilines is 1. The fraction of sp³-hybridized carbons (Fsp3) is 0.444. The molecule has 2 aliphatic rings. The molecule has 3 rings (SSSR count). The fourth-order valence-corrected chi connectivity index (χ4v) is 4.83. The van der Waals surface area contributed by atoms with E-state index in [1.807, 2.05) is 6.08 Å². The molecule has 0 aromatic heterocycles. The molecular formula is C27H36FN3O4S. The van der Waals surface area contributed by atoms with Crippen molar-refractivity contribution in [3.8, 4) is 0 Å². The quantitative estimate of drug-likeness (QED) is 0.504. The Bertz CT molecular complexity index is 1190. The van der Waals surface area contributed by atoms with Crippen molar-refractivity contribution in [3.63, 3.8) is 0 Å². The van der Waals surface area contributed by atoms with Crippen molar-refractivity contribution in [1.29, 1.82) is 0 Å². The molecule has 1 unspecified atom stereocenters. The van der Waals surface area contributed by atoms with Gasteiger partial charge in [-0.25, -0.2) is 12.8 Å². The van der Waals surface area contributed by atoms with E-state index >= 15 is 0 Å². The summed E-state index contributed by atoms with van der Waals surface area (Å²) < 4.78 is 45.3. The molecule has 0 spiro atoms. The zero-order chi connectivity index (χ0) is 26.5. The van der Waals surface area contributed by atoms with Gasteiger partial charge in [0.15, 0.2) is 0 Å². The summed E-state index contributed by atoms with van der Waals surface area (Å²) in [5.41, 5.74) is 3.14. The Morgan fingerprint density at radius 1 is 1.28 bits per heavy atom. The van der Waals surface area contributed by atoms with Crippen LogP contribution in [0.2, 0.25) is 0 Å². The van der Waals surface area contributed by atoms with Gasteiger partial charge in [-0.1, -0.05) is 45.6 Å². The molecule has 1 aromatic rings. The Labute approximate surface area is 213 Å². The number of nitrogens with one attached hydrogen (secondary N) is 2. The van der Waals surface area contributed by atoms with Crippen molar-refractivity contribution in [2.45, 2.75) is 33.7 Å². The van der Waals surface area contributed by atoms with Crippen molar-refractivity contribution in [2.24, 2.45) is 11.3 Å². The molecule has 1 fully saturated rings. The molecule has 1 amide bonds. The third kappa shape index (κ3) is 7.54. The molecule has 0 saturated carbocycles. The van der Waals surface area contributed by atoms with Crippen LogP contribution in [0, 0.1) is 17.2 Å². The number of carbonyl (C=O) groups excluding carboxylic acids is 1. The molecule has 7 nitrogen and oxygen atoms in total. The molecule has 1 aliphatic heterocycles. The lowest BCUT2D eigenvalue weighted by atomic mass is 9.80. The fourth-order valence-electron chi connectivity index (χ4n) is 4.24. The first-order chi connectivity index (χ1) is 16.9. The first kappa shape index (κ1) is 27.7. The van der Waals surface area contributed by atoms with E-state index in [-0.39, 0.29) is 29.5 Å². The van der Waals surface area contributed by atoms with Gasteiger partial charge in [0, 0.05) is 36.8 Å². The van der Waals surface area contributed by atoms with Gasteiger partial charge in [0.1, 0.15) is 5.82 Å². The molecule has 0 bridgehead atoms. The van der Waals surface area contributed by atoms with Crippen LogP contribution in [0.5, 0.6) is 0 Å². The normalized spacial score (nSPS) is 19.0. The number of ether oxygens (including phenoxy) is 1. The number of amides is 1. The highest BCUT2D eigenvalue weighted by Gasteiger charge is 2.26. The summed E-state index contributed by atoms with van der Waals surface area (Å²) in [6, 6.07) is 2.79. The molecule has 36 heavy (non-hydrogen) atoms. The summed E-state index contributed by atoms with van der Waals surface area (Å²) >= 11 is 0. The van der Waals surface area contributed by atoms with Gasteiger partial charge in [-0.05, 0) is 47.3 Å². The Morgan fingerprint density at radius 2 is 1.97 bits per heavy atom. The Hall–Kier alpha value is -2.91. The zero-order valence-corrected chi connectivity index (χ0v) is 22.3. The second-order valence-electron chi connectivity index (χ2n) is 10.1. The number of allylic oxidation sites excluding steroid dienone is 4. The predicted octanol–water partition coefficient (Wildman–Crippen LogP) is 4.22. The van der Waals surface area contributed by atoms with E-state index in [9.17, 15) is 17.6 Å². The third-order valence-corrected chi connectivity index (χ3v) is 6.73. The van der Waals surface area contributed by atoms with E-state index in [2.05, 4.69) is 54.4 Å². The Morgan fingerprint density at radius 3 is 2.58 bits per heavy atom. The van der Waals surface area contributed by atoms with Gasteiger partial charge in [0.2, 0.25) is 15.9 Å². The average Bonchev–Trinajstić information content (AvgIpc) is 2.82. The predicted molar refractivity (Wildman–Crippen MR) is 142 cm³/mol. The second kappa shape index (κ2) is 11.4. The van der Waals surface area contributed by atoms with Crippen LogP contribution in [0.25, 0.3) is 6.08 Å². The first-order valence-corrected chi connectivity index (χ1v) is 13.9. The molecular weight excluding hydrogens is 481 g/mol. The molecule has 1 atom stereocenters. The van der Waals surface area contributed by atoms with Crippen LogP contribution >= 0.6 is 0 Å². The van der Waals surface area contributed by atoms with Gasteiger partial charge >= 0.3 is 0 Å². The highest BCUT2D eigenvalue weighted by molar-refractivity contribution is 7.92. The number of benzene rings is 1. The number of nitrogens with zero attached hydrogens (tertiary/aromatic N) is 1. The van der Waals surface area contributed by atoms with E-state index in [1.54, 1.807) is 6.07 Å². The molecule has 2 N–H and O–H groups in total. The largest absolute Gasteiger partial charge is 0.378 e. The number of sulfonamides is 1. The van der Waals surface area contributed by atoms with Gasteiger partial charge in [0.25, 0.3) is 0 Å². The highest BCUT2D eigenvalue weighted by Crippen LogP contribution is 2.36. The maximum atomic E-state index is 14.6. The van der Waals surface area contributed by atoms with Gasteiger partial charge in [-0.3, -0.25) is 9.52 Å². The standard InChI is InChI=1S/C27H36FN3O4S/c1-6-20-15-19(16-23(28)26(20)30-36(5,33)34)18-29-25(32)10-8-21-7-9-22(27(2,3)4)17-24(21)31-11-13-35-14-12-31/h6,8-10,15-17,21,30H,1,7,11-14,18H2,2-5H3,(H,29,32). The molecule has 0 radical (unpaired) electrons. The number of rotatable bonds is 8. The van der Waals surface area contributed by atoms with Crippen LogP contribution in [-0.4, -0.2) is 51.8 Å². The summed E-state index contributed by atoms with van der Waals surface area (Å²) in [5, 5.41) is 2.78. The maximum Gasteiger partial charge on any atom is 0.243 e.